The predicted molar refractivity (Wildman–Crippen MR) is 94.2 cm³/mol. The lowest BCUT2D eigenvalue weighted by Gasteiger charge is -2.32. The molecule has 1 saturated heterocycles. The first-order valence-electron chi connectivity index (χ1n) is 9.39. The summed E-state index contributed by atoms with van der Waals surface area (Å²) in [5.74, 6) is 1.82. The van der Waals surface area contributed by atoms with Crippen LogP contribution in [0.5, 0.6) is 5.75 Å². The van der Waals surface area contributed by atoms with Crippen molar-refractivity contribution in [3.05, 3.63) is 29.8 Å². The topological polar surface area (TPSA) is 49.8 Å². The second kappa shape index (κ2) is 8.52. The summed E-state index contributed by atoms with van der Waals surface area (Å²) in [4.78, 5) is 14.4. The third-order valence-corrected chi connectivity index (χ3v) is 5.38. The lowest BCUT2D eigenvalue weighted by molar-refractivity contribution is 0.0620. The first-order valence-corrected chi connectivity index (χ1v) is 9.39. The van der Waals surface area contributed by atoms with E-state index in [1.807, 2.05) is 29.2 Å². The largest absolute Gasteiger partial charge is 0.493 e. The molecule has 2 fully saturated rings. The van der Waals surface area contributed by atoms with E-state index in [0.717, 1.165) is 31.7 Å². The molecule has 132 valence electrons. The molecule has 0 bridgehead atoms. The monoisotopic (exact) mass is 331 g/mol. The van der Waals surface area contributed by atoms with E-state index in [2.05, 4.69) is 0 Å². The van der Waals surface area contributed by atoms with Crippen molar-refractivity contribution in [1.82, 2.24) is 4.90 Å². The summed E-state index contributed by atoms with van der Waals surface area (Å²) in [5.41, 5.74) is 0.707. The van der Waals surface area contributed by atoms with Crippen molar-refractivity contribution in [2.45, 2.75) is 44.9 Å². The second-order valence-corrected chi connectivity index (χ2v) is 7.28. The molecular weight excluding hydrogens is 302 g/mol. The molecule has 1 aromatic carbocycles. The van der Waals surface area contributed by atoms with Gasteiger partial charge in [-0.25, -0.2) is 0 Å². The quantitative estimate of drug-likeness (QED) is 0.898. The fraction of sp³-hybridized carbons (Fsp3) is 0.650. The highest BCUT2D eigenvalue weighted by molar-refractivity contribution is 5.94. The minimum absolute atomic E-state index is 0.0620. The second-order valence-electron chi connectivity index (χ2n) is 7.28. The first kappa shape index (κ1) is 17.3. The van der Waals surface area contributed by atoms with Crippen molar-refractivity contribution in [2.75, 3.05) is 26.3 Å². The van der Waals surface area contributed by atoms with Crippen molar-refractivity contribution >= 4 is 5.91 Å². The van der Waals surface area contributed by atoms with E-state index < -0.39 is 0 Å². The molecule has 4 heteroatoms. The van der Waals surface area contributed by atoms with Gasteiger partial charge in [0.1, 0.15) is 5.75 Å². The first-order chi connectivity index (χ1) is 11.8. The highest BCUT2D eigenvalue weighted by atomic mass is 16.5. The van der Waals surface area contributed by atoms with Crippen LogP contribution in [0.1, 0.15) is 55.3 Å². The van der Waals surface area contributed by atoms with Crippen molar-refractivity contribution in [1.29, 1.82) is 0 Å². The molecule has 0 radical (unpaired) electrons. The third-order valence-electron chi connectivity index (χ3n) is 5.38. The highest BCUT2D eigenvalue weighted by Gasteiger charge is 2.24. The lowest BCUT2D eigenvalue weighted by atomic mass is 9.90. The Labute approximate surface area is 144 Å². The fourth-order valence-electron chi connectivity index (χ4n) is 3.84. The molecule has 1 aromatic rings. The minimum atomic E-state index is 0.0620. The van der Waals surface area contributed by atoms with Crippen LogP contribution < -0.4 is 4.74 Å². The van der Waals surface area contributed by atoms with Gasteiger partial charge in [-0.05, 0) is 61.8 Å². The van der Waals surface area contributed by atoms with Crippen molar-refractivity contribution in [3.8, 4) is 5.75 Å². The highest BCUT2D eigenvalue weighted by Crippen LogP contribution is 2.25. The lowest BCUT2D eigenvalue weighted by Crippen LogP contribution is -2.40. The zero-order chi connectivity index (χ0) is 16.8. The number of aliphatic hydroxyl groups is 1. The molecule has 0 aromatic heterocycles. The average molecular weight is 331 g/mol. The standard InChI is InChI=1S/C20H29NO3/c22-14-17-7-4-12-21(13-17)20(23)18-8-10-19(11-9-18)24-15-16-5-2-1-3-6-16/h8-11,16-17,22H,1-7,12-15H2. The van der Waals surface area contributed by atoms with Gasteiger partial charge in [0.25, 0.3) is 5.91 Å². The Morgan fingerprint density at radius 2 is 1.75 bits per heavy atom. The molecule has 1 heterocycles. The van der Waals surface area contributed by atoms with Gasteiger partial charge in [0.05, 0.1) is 6.61 Å². The molecule has 1 unspecified atom stereocenters. The molecule has 1 aliphatic heterocycles. The van der Waals surface area contributed by atoms with E-state index in [4.69, 9.17) is 4.74 Å². The molecule has 1 atom stereocenters. The third kappa shape index (κ3) is 4.50. The van der Waals surface area contributed by atoms with E-state index in [9.17, 15) is 9.90 Å². The van der Waals surface area contributed by atoms with Gasteiger partial charge in [0.15, 0.2) is 0 Å². The van der Waals surface area contributed by atoms with Crippen molar-refractivity contribution in [2.24, 2.45) is 11.8 Å². The normalized spacial score (nSPS) is 22.4. The number of likely N-dealkylation sites (tertiary alicyclic amines) is 1. The number of rotatable bonds is 5. The average Bonchev–Trinajstić information content (AvgIpc) is 2.67. The molecule has 2 aliphatic rings. The zero-order valence-corrected chi connectivity index (χ0v) is 14.5. The van der Waals surface area contributed by atoms with Crippen LogP contribution in [0, 0.1) is 11.8 Å². The van der Waals surface area contributed by atoms with E-state index in [0.29, 0.717) is 18.0 Å². The molecule has 1 saturated carbocycles. The van der Waals surface area contributed by atoms with Crippen LogP contribution in [0.2, 0.25) is 0 Å². The molecule has 3 rings (SSSR count). The van der Waals surface area contributed by atoms with Gasteiger partial charge >= 0.3 is 0 Å². The van der Waals surface area contributed by atoms with Crippen LogP contribution in [-0.4, -0.2) is 42.2 Å². The summed E-state index contributed by atoms with van der Waals surface area (Å²) in [7, 11) is 0. The number of ether oxygens (including phenoxy) is 1. The predicted octanol–water partition coefficient (Wildman–Crippen LogP) is 3.49. The number of nitrogens with zero attached hydrogens (tertiary/aromatic N) is 1. The SMILES string of the molecule is O=C(c1ccc(OCC2CCCCC2)cc1)N1CCCC(CO)C1. The Bertz CT molecular complexity index is 522. The Morgan fingerprint density at radius 3 is 2.46 bits per heavy atom. The van der Waals surface area contributed by atoms with Crippen LogP contribution in [0.3, 0.4) is 0 Å². The Kier molecular flexibility index (Phi) is 6.13. The Hall–Kier alpha value is -1.55. The molecule has 0 spiro atoms. The number of hydrogen-bond acceptors (Lipinski definition) is 3. The van der Waals surface area contributed by atoms with Crippen molar-refractivity contribution < 1.29 is 14.6 Å². The van der Waals surface area contributed by atoms with E-state index in [1.54, 1.807) is 0 Å². The van der Waals surface area contributed by atoms with Crippen LogP contribution in [0.4, 0.5) is 0 Å². The van der Waals surface area contributed by atoms with Crippen LogP contribution in [0.15, 0.2) is 24.3 Å². The maximum absolute atomic E-state index is 12.6. The molecule has 4 nitrogen and oxygen atoms in total. The summed E-state index contributed by atoms with van der Waals surface area (Å²) in [6, 6.07) is 7.54. The fourth-order valence-corrected chi connectivity index (χ4v) is 3.84. The molecule has 1 N–H and O–H groups in total. The Morgan fingerprint density at radius 1 is 1.04 bits per heavy atom. The number of aliphatic hydroxyl groups excluding tert-OH is 1. The number of amides is 1. The summed E-state index contributed by atoms with van der Waals surface area (Å²) < 4.78 is 5.90. The van der Waals surface area contributed by atoms with Gasteiger partial charge in [0.2, 0.25) is 0 Å². The summed E-state index contributed by atoms with van der Waals surface area (Å²) in [6.07, 6.45) is 8.54. The maximum Gasteiger partial charge on any atom is 0.253 e. The summed E-state index contributed by atoms with van der Waals surface area (Å²) in [6.45, 7) is 2.40. The number of benzene rings is 1. The van der Waals surface area contributed by atoms with Gasteiger partial charge in [-0.3, -0.25) is 4.79 Å². The van der Waals surface area contributed by atoms with Gasteiger partial charge in [-0.15, -0.1) is 0 Å². The summed E-state index contributed by atoms with van der Waals surface area (Å²) >= 11 is 0. The molecule has 1 aliphatic carbocycles. The minimum Gasteiger partial charge on any atom is -0.493 e. The zero-order valence-electron chi connectivity index (χ0n) is 14.5. The van der Waals surface area contributed by atoms with E-state index in [-0.39, 0.29) is 18.4 Å². The maximum atomic E-state index is 12.6. The Balaban J connectivity index is 1.52. The van der Waals surface area contributed by atoms with Gasteiger partial charge in [-0.2, -0.15) is 0 Å². The molecule has 24 heavy (non-hydrogen) atoms. The molecular formula is C20H29NO3. The van der Waals surface area contributed by atoms with Gasteiger partial charge in [-0.1, -0.05) is 19.3 Å². The number of hydrogen-bond donors (Lipinski definition) is 1. The van der Waals surface area contributed by atoms with Gasteiger partial charge < -0.3 is 14.7 Å². The van der Waals surface area contributed by atoms with E-state index in [1.165, 1.54) is 32.1 Å². The van der Waals surface area contributed by atoms with Crippen LogP contribution >= 0.6 is 0 Å². The van der Waals surface area contributed by atoms with Crippen molar-refractivity contribution in [3.63, 3.8) is 0 Å². The molecule has 1 amide bonds. The number of carbonyl (C=O) groups excluding carboxylic acids is 1. The smallest absolute Gasteiger partial charge is 0.253 e. The van der Waals surface area contributed by atoms with Gasteiger partial charge in [0, 0.05) is 25.3 Å². The summed E-state index contributed by atoms with van der Waals surface area (Å²) in [5, 5.41) is 9.31. The van der Waals surface area contributed by atoms with Crippen LogP contribution in [0.25, 0.3) is 0 Å². The van der Waals surface area contributed by atoms with E-state index >= 15 is 0 Å². The number of carbonyl (C=O) groups is 1. The van der Waals surface area contributed by atoms with Crippen LogP contribution in [-0.2, 0) is 0 Å². The number of piperidine rings is 1.